The number of methoxy groups -OCH3 is 2. The second kappa shape index (κ2) is 6.21. The summed E-state index contributed by atoms with van der Waals surface area (Å²) in [6, 6.07) is 4.83. The van der Waals surface area contributed by atoms with Crippen molar-refractivity contribution in [2.24, 2.45) is 5.73 Å². The number of ether oxygens (including phenoxy) is 2. The number of carbonyl (C=O) groups excluding carboxylic acids is 1. The predicted molar refractivity (Wildman–Crippen MR) is 66.2 cm³/mol. The van der Waals surface area contributed by atoms with E-state index in [2.05, 4.69) is 0 Å². The van der Waals surface area contributed by atoms with Gasteiger partial charge >= 0.3 is 0 Å². The molecular formula is C11H13Cl2NO3. The number of halogens is 2. The van der Waals surface area contributed by atoms with Crippen LogP contribution in [0.5, 0.6) is 0 Å². The van der Waals surface area contributed by atoms with E-state index in [1.165, 1.54) is 14.2 Å². The molecule has 0 aliphatic rings. The van der Waals surface area contributed by atoms with Gasteiger partial charge in [-0.2, -0.15) is 0 Å². The highest BCUT2D eigenvalue weighted by atomic mass is 35.5. The summed E-state index contributed by atoms with van der Waals surface area (Å²) in [7, 11) is 2.92. The molecule has 94 valence electrons. The van der Waals surface area contributed by atoms with E-state index in [4.69, 9.17) is 38.4 Å². The molecule has 0 saturated carbocycles. The molecule has 4 nitrogen and oxygen atoms in total. The molecule has 1 rings (SSSR count). The number of alkyl halides is 2. The molecule has 2 N–H and O–H groups in total. The molecule has 6 heteroatoms. The minimum atomic E-state index is -0.672. The van der Waals surface area contributed by atoms with Gasteiger partial charge in [0.15, 0.2) is 11.1 Å². The monoisotopic (exact) mass is 277 g/mol. The summed E-state index contributed by atoms with van der Waals surface area (Å²) in [5, 5.41) is 0. The van der Waals surface area contributed by atoms with Crippen molar-refractivity contribution in [2.75, 3.05) is 14.2 Å². The van der Waals surface area contributed by atoms with Crippen molar-refractivity contribution in [1.29, 1.82) is 0 Å². The van der Waals surface area contributed by atoms with Crippen LogP contribution in [0.15, 0.2) is 18.2 Å². The van der Waals surface area contributed by atoms with Crippen molar-refractivity contribution < 1.29 is 14.3 Å². The Morgan fingerprint density at radius 1 is 1.12 bits per heavy atom. The molecule has 0 heterocycles. The SMILES string of the molecule is COC(Cl)c1cc(C(N)=O)cc(C(Cl)OC)c1. The summed E-state index contributed by atoms with van der Waals surface area (Å²) in [6.45, 7) is 0. The van der Waals surface area contributed by atoms with Gasteiger partial charge in [0.1, 0.15) is 0 Å². The van der Waals surface area contributed by atoms with E-state index >= 15 is 0 Å². The first kappa shape index (κ1) is 14.3. The van der Waals surface area contributed by atoms with E-state index in [0.717, 1.165) is 0 Å². The van der Waals surface area contributed by atoms with Crippen LogP contribution >= 0.6 is 23.2 Å². The second-order valence-corrected chi connectivity index (χ2v) is 4.15. The van der Waals surface area contributed by atoms with Crippen LogP contribution in [0, 0.1) is 0 Å². The van der Waals surface area contributed by atoms with Crippen molar-refractivity contribution in [3.63, 3.8) is 0 Å². The molecule has 0 fully saturated rings. The largest absolute Gasteiger partial charge is 0.366 e. The molecule has 0 radical (unpaired) electrons. The quantitative estimate of drug-likeness (QED) is 0.842. The van der Waals surface area contributed by atoms with Gasteiger partial charge in [0.05, 0.1) is 0 Å². The van der Waals surface area contributed by atoms with E-state index in [1.807, 2.05) is 0 Å². The lowest BCUT2D eigenvalue weighted by Crippen LogP contribution is -2.13. The molecule has 0 aromatic heterocycles. The van der Waals surface area contributed by atoms with Crippen LogP contribution in [0.2, 0.25) is 0 Å². The summed E-state index contributed by atoms with van der Waals surface area (Å²) < 4.78 is 9.94. The van der Waals surface area contributed by atoms with Gasteiger partial charge < -0.3 is 15.2 Å². The number of primary amides is 1. The summed E-state index contributed by atoms with van der Waals surface area (Å²) in [4.78, 5) is 11.2. The Labute approximate surface area is 110 Å². The predicted octanol–water partition coefficient (Wildman–Crippen LogP) is 2.55. The van der Waals surface area contributed by atoms with Crippen molar-refractivity contribution >= 4 is 29.1 Å². The fourth-order valence-electron chi connectivity index (χ4n) is 1.35. The van der Waals surface area contributed by atoms with Crippen molar-refractivity contribution in [1.82, 2.24) is 0 Å². The van der Waals surface area contributed by atoms with Gasteiger partial charge in [0.25, 0.3) is 0 Å². The van der Waals surface area contributed by atoms with Gasteiger partial charge in [-0.3, -0.25) is 4.79 Å². The van der Waals surface area contributed by atoms with Crippen LogP contribution in [0.25, 0.3) is 0 Å². The third-order valence-electron chi connectivity index (χ3n) is 2.20. The van der Waals surface area contributed by atoms with Gasteiger partial charge in [-0.05, 0) is 29.3 Å². The summed E-state index contributed by atoms with van der Waals surface area (Å²) in [6.07, 6.45) is 0. The van der Waals surface area contributed by atoms with Crippen molar-refractivity contribution in [3.8, 4) is 0 Å². The fourth-order valence-corrected chi connectivity index (χ4v) is 1.61. The van der Waals surface area contributed by atoms with Crippen LogP contribution < -0.4 is 5.73 Å². The first-order valence-corrected chi connectivity index (χ1v) is 5.65. The Kier molecular flexibility index (Phi) is 5.21. The van der Waals surface area contributed by atoms with Crippen molar-refractivity contribution in [3.05, 3.63) is 34.9 Å². The molecule has 1 aromatic carbocycles. The molecule has 2 atom stereocenters. The Morgan fingerprint density at radius 3 is 1.82 bits per heavy atom. The normalized spacial score (nSPS) is 14.4. The lowest BCUT2D eigenvalue weighted by Gasteiger charge is -2.14. The standard InChI is InChI=1S/C11H13Cl2NO3/c1-16-9(12)6-3-7(10(13)17-2)5-8(4-6)11(14)15/h3-5,9-10H,1-2H3,(H2,14,15). The van der Waals surface area contributed by atoms with E-state index in [9.17, 15) is 4.79 Å². The number of benzene rings is 1. The van der Waals surface area contributed by atoms with Crippen LogP contribution in [0.4, 0.5) is 0 Å². The zero-order valence-electron chi connectivity index (χ0n) is 9.44. The van der Waals surface area contributed by atoms with Gasteiger partial charge in [-0.15, -0.1) is 0 Å². The molecule has 1 amide bonds. The minimum absolute atomic E-state index is 0.308. The highest BCUT2D eigenvalue weighted by Crippen LogP contribution is 2.28. The fraction of sp³-hybridized carbons (Fsp3) is 0.364. The van der Waals surface area contributed by atoms with E-state index in [-0.39, 0.29) is 0 Å². The molecule has 0 bridgehead atoms. The zero-order valence-corrected chi connectivity index (χ0v) is 11.0. The molecule has 0 saturated heterocycles. The van der Waals surface area contributed by atoms with Gasteiger partial charge in [-0.25, -0.2) is 0 Å². The zero-order chi connectivity index (χ0) is 13.0. The average Bonchev–Trinajstić information content (AvgIpc) is 2.36. The number of nitrogens with two attached hydrogens (primary N) is 1. The smallest absolute Gasteiger partial charge is 0.248 e. The Hall–Kier alpha value is -0.810. The minimum Gasteiger partial charge on any atom is -0.366 e. The number of hydrogen-bond donors (Lipinski definition) is 1. The first-order valence-electron chi connectivity index (χ1n) is 4.78. The second-order valence-electron chi connectivity index (χ2n) is 3.36. The Morgan fingerprint density at radius 2 is 1.53 bits per heavy atom. The Balaban J connectivity index is 3.23. The molecule has 0 spiro atoms. The summed E-state index contributed by atoms with van der Waals surface area (Å²) >= 11 is 11.9. The van der Waals surface area contributed by atoms with Gasteiger partial charge in [0, 0.05) is 19.8 Å². The third kappa shape index (κ3) is 3.57. The maximum atomic E-state index is 11.2. The highest BCUT2D eigenvalue weighted by Gasteiger charge is 2.15. The van der Waals surface area contributed by atoms with E-state index in [0.29, 0.717) is 16.7 Å². The highest BCUT2D eigenvalue weighted by molar-refractivity contribution is 6.20. The lowest BCUT2D eigenvalue weighted by atomic mass is 10.1. The number of carbonyl (C=O) groups is 1. The van der Waals surface area contributed by atoms with Gasteiger partial charge in [0.2, 0.25) is 5.91 Å². The summed E-state index contributed by atoms with van der Waals surface area (Å²) in [5.41, 5.74) is 5.39. The topological polar surface area (TPSA) is 61.5 Å². The third-order valence-corrected chi connectivity index (χ3v) is 3.06. The molecule has 17 heavy (non-hydrogen) atoms. The van der Waals surface area contributed by atoms with Crippen LogP contribution in [0.1, 0.15) is 32.6 Å². The number of amides is 1. The van der Waals surface area contributed by atoms with E-state index < -0.39 is 17.0 Å². The van der Waals surface area contributed by atoms with Crippen molar-refractivity contribution in [2.45, 2.75) is 11.1 Å². The number of hydrogen-bond acceptors (Lipinski definition) is 3. The first-order chi connectivity index (χ1) is 7.99. The summed E-state index contributed by atoms with van der Waals surface area (Å²) in [5.74, 6) is -0.562. The number of rotatable bonds is 5. The Bertz CT molecular complexity index is 383. The molecule has 1 aromatic rings. The van der Waals surface area contributed by atoms with Crippen LogP contribution in [-0.2, 0) is 9.47 Å². The average molecular weight is 278 g/mol. The maximum Gasteiger partial charge on any atom is 0.248 e. The molecule has 0 aliphatic heterocycles. The van der Waals surface area contributed by atoms with Crippen LogP contribution in [-0.4, -0.2) is 20.1 Å². The lowest BCUT2D eigenvalue weighted by molar-refractivity contribution is 0.0999. The van der Waals surface area contributed by atoms with Crippen LogP contribution in [0.3, 0.4) is 0 Å². The van der Waals surface area contributed by atoms with E-state index in [1.54, 1.807) is 18.2 Å². The maximum absolute atomic E-state index is 11.2. The molecular weight excluding hydrogens is 265 g/mol. The molecule has 2 unspecified atom stereocenters. The molecule has 0 aliphatic carbocycles. The van der Waals surface area contributed by atoms with Gasteiger partial charge in [-0.1, -0.05) is 23.2 Å².